The molecule has 0 aromatic heterocycles. The topological polar surface area (TPSA) is 56.8 Å². The number of ether oxygens (including phenoxy) is 3. The fraction of sp³-hybridized carbons (Fsp3) is 0.308. The number of allylic oxidation sites excluding steroid dienone is 1. The molecule has 0 heterocycles. The smallest absolute Gasteiger partial charge is 0.331 e. The van der Waals surface area contributed by atoms with Gasteiger partial charge in [0.15, 0.2) is 0 Å². The first-order valence-corrected chi connectivity index (χ1v) is 16.0. The Hall–Kier alpha value is -4.06. The molecule has 1 fully saturated rings. The lowest BCUT2D eigenvalue weighted by Crippen LogP contribution is -2.52. The largest absolute Gasteiger partial charge is 0.497 e. The number of anilines is 1. The standard InChI is InChI=1S/C39H40ClNO4/c1-43-35-17-15-28(16-18-35)26-45-27-31(29-9-4-3-5-10-29)24-32-23-30-11-6-7-14-36(30)38(32)19-21-39(22-20-38,37(42)44-2)41-34-13-8-12-33(40)25-34/h3-18,23,25,31,41H,19-22,24,26-27H2,1-2H3. The molecule has 1 saturated carbocycles. The van der Waals surface area contributed by atoms with Gasteiger partial charge in [0.2, 0.25) is 0 Å². The number of halogens is 1. The van der Waals surface area contributed by atoms with Crippen LogP contribution in [0.15, 0.2) is 109 Å². The minimum absolute atomic E-state index is 0.160. The monoisotopic (exact) mass is 621 g/mol. The molecule has 45 heavy (non-hydrogen) atoms. The van der Waals surface area contributed by atoms with Crippen LogP contribution in [0, 0.1) is 0 Å². The first-order chi connectivity index (χ1) is 21.9. The van der Waals surface area contributed by atoms with Crippen LogP contribution < -0.4 is 10.1 Å². The van der Waals surface area contributed by atoms with E-state index in [1.165, 1.54) is 29.4 Å². The molecule has 2 aliphatic rings. The van der Waals surface area contributed by atoms with Crippen LogP contribution in [0.3, 0.4) is 0 Å². The van der Waals surface area contributed by atoms with Crippen molar-refractivity contribution in [3.63, 3.8) is 0 Å². The van der Waals surface area contributed by atoms with Crippen LogP contribution in [0.1, 0.15) is 60.3 Å². The molecule has 0 bridgehead atoms. The zero-order valence-corrected chi connectivity index (χ0v) is 26.7. The predicted molar refractivity (Wildman–Crippen MR) is 181 cm³/mol. The second-order valence-electron chi connectivity index (χ2n) is 12.2. The Morgan fingerprint density at radius 1 is 0.867 bits per heavy atom. The molecule has 1 spiro atoms. The maximum atomic E-state index is 13.4. The van der Waals surface area contributed by atoms with E-state index >= 15 is 0 Å². The number of nitrogens with one attached hydrogen (secondary N) is 1. The third kappa shape index (κ3) is 6.51. The fourth-order valence-electron chi connectivity index (χ4n) is 7.23. The number of methoxy groups -OCH3 is 2. The van der Waals surface area contributed by atoms with E-state index in [0.717, 1.165) is 36.3 Å². The van der Waals surface area contributed by atoms with Crippen molar-refractivity contribution >= 4 is 29.3 Å². The molecule has 6 heteroatoms. The second kappa shape index (κ2) is 13.5. The lowest BCUT2D eigenvalue weighted by molar-refractivity contribution is -0.147. The Morgan fingerprint density at radius 2 is 1.60 bits per heavy atom. The predicted octanol–water partition coefficient (Wildman–Crippen LogP) is 8.97. The van der Waals surface area contributed by atoms with Gasteiger partial charge in [-0.2, -0.15) is 0 Å². The summed E-state index contributed by atoms with van der Waals surface area (Å²) in [5.74, 6) is 0.785. The van der Waals surface area contributed by atoms with Crippen molar-refractivity contribution in [1.82, 2.24) is 0 Å². The van der Waals surface area contributed by atoms with Gasteiger partial charge in [-0.1, -0.05) is 96.0 Å². The number of hydrogen-bond donors (Lipinski definition) is 1. The van der Waals surface area contributed by atoms with Crippen LogP contribution in [-0.4, -0.2) is 32.3 Å². The average molecular weight is 622 g/mol. The molecule has 232 valence electrons. The van der Waals surface area contributed by atoms with E-state index in [-0.39, 0.29) is 17.3 Å². The maximum absolute atomic E-state index is 13.4. The van der Waals surface area contributed by atoms with Crippen molar-refractivity contribution in [1.29, 1.82) is 0 Å². The van der Waals surface area contributed by atoms with Crippen LogP contribution in [0.5, 0.6) is 5.75 Å². The SMILES string of the molecule is COC(=O)C1(Nc2cccc(Cl)c2)CCC2(CC1)C(CC(COCc1ccc(OC)cc1)c1ccccc1)=Cc1ccccc12. The molecule has 5 nitrogen and oxygen atoms in total. The van der Waals surface area contributed by atoms with Crippen LogP contribution in [0.2, 0.25) is 5.02 Å². The van der Waals surface area contributed by atoms with Crippen molar-refractivity contribution < 1.29 is 19.0 Å². The molecule has 0 radical (unpaired) electrons. The van der Waals surface area contributed by atoms with Crippen LogP contribution in [-0.2, 0) is 26.3 Å². The molecular weight excluding hydrogens is 582 g/mol. The summed E-state index contributed by atoms with van der Waals surface area (Å²) in [6, 6.07) is 35.0. The van der Waals surface area contributed by atoms with Crippen molar-refractivity contribution in [3.05, 3.63) is 136 Å². The number of benzene rings is 4. The van der Waals surface area contributed by atoms with Crippen molar-refractivity contribution in [2.24, 2.45) is 0 Å². The van der Waals surface area contributed by atoms with Gasteiger partial charge in [0.25, 0.3) is 0 Å². The van der Waals surface area contributed by atoms with Crippen molar-refractivity contribution in [2.45, 2.75) is 55.6 Å². The molecule has 0 saturated heterocycles. The Labute approximate surface area is 271 Å². The van der Waals surface area contributed by atoms with E-state index in [1.54, 1.807) is 7.11 Å². The summed E-state index contributed by atoms with van der Waals surface area (Å²) in [6.45, 7) is 1.14. The van der Waals surface area contributed by atoms with E-state index in [4.69, 9.17) is 25.8 Å². The fourth-order valence-corrected chi connectivity index (χ4v) is 7.42. The Kier molecular flexibility index (Phi) is 9.29. The summed E-state index contributed by atoms with van der Waals surface area (Å²) in [7, 11) is 3.15. The molecule has 2 aliphatic carbocycles. The highest BCUT2D eigenvalue weighted by atomic mass is 35.5. The van der Waals surface area contributed by atoms with Crippen molar-refractivity contribution in [3.8, 4) is 5.75 Å². The molecular formula is C39H40ClNO4. The summed E-state index contributed by atoms with van der Waals surface area (Å²) < 4.78 is 17.1. The number of fused-ring (bicyclic) bond motifs is 2. The van der Waals surface area contributed by atoms with Gasteiger partial charge >= 0.3 is 5.97 Å². The van der Waals surface area contributed by atoms with E-state index in [0.29, 0.717) is 31.1 Å². The van der Waals surface area contributed by atoms with Gasteiger partial charge in [-0.05, 0) is 84.7 Å². The van der Waals surface area contributed by atoms with E-state index in [2.05, 4.69) is 78.1 Å². The minimum Gasteiger partial charge on any atom is -0.497 e. The highest BCUT2D eigenvalue weighted by Gasteiger charge is 2.52. The van der Waals surface area contributed by atoms with Gasteiger partial charge < -0.3 is 19.5 Å². The molecule has 1 unspecified atom stereocenters. The average Bonchev–Trinajstić information content (AvgIpc) is 3.38. The third-order valence-corrected chi connectivity index (χ3v) is 9.88. The molecule has 1 atom stereocenters. The molecule has 1 N–H and O–H groups in total. The Morgan fingerprint density at radius 3 is 2.31 bits per heavy atom. The van der Waals surface area contributed by atoms with Crippen LogP contribution in [0.25, 0.3) is 6.08 Å². The second-order valence-corrected chi connectivity index (χ2v) is 12.7. The van der Waals surface area contributed by atoms with Gasteiger partial charge in [0.1, 0.15) is 11.3 Å². The molecule has 4 aromatic carbocycles. The summed E-state index contributed by atoms with van der Waals surface area (Å²) in [5.41, 5.74) is 6.25. The van der Waals surface area contributed by atoms with Crippen LogP contribution >= 0.6 is 11.6 Å². The maximum Gasteiger partial charge on any atom is 0.331 e. The highest BCUT2D eigenvalue weighted by molar-refractivity contribution is 6.30. The van der Waals surface area contributed by atoms with E-state index in [1.807, 2.05) is 36.4 Å². The zero-order chi connectivity index (χ0) is 31.3. The summed E-state index contributed by atoms with van der Waals surface area (Å²) >= 11 is 6.30. The summed E-state index contributed by atoms with van der Waals surface area (Å²) in [4.78, 5) is 13.4. The highest BCUT2D eigenvalue weighted by Crippen LogP contribution is 2.55. The van der Waals surface area contributed by atoms with Crippen LogP contribution in [0.4, 0.5) is 5.69 Å². The van der Waals surface area contributed by atoms with E-state index in [9.17, 15) is 4.79 Å². The minimum atomic E-state index is -0.826. The number of hydrogen-bond acceptors (Lipinski definition) is 5. The third-order valence-electron chi connectivity index (χ3n) is 9.65. The quantitative estimate of drug-likeness (QED) is 0.169. The molecule has 6 rings (SSSR count). The Balaban J connectivity index is 1.26. The van der Waals surface area contributed by atoms with Gasteiger partial charge in [-0.15, -0.1) is 0 Å². The van der Waals surface area contributed by atoms with Crippen molar-refractivity contribution in [2.75, 3.05) is 26.1 Å². The lowest BCUT2D eigenvalue weighted by atomic mass is 9.61. The van der Waals surface area contributed by atoms with Gasteiger partial charge in [0.05, 0.1) is 27.4 Å². The lowest BCUT2D eigenvalue weighted by Gasteiger charge is -2.46. The zero-order valence-electron chi connectivity index (χ0n) is 25.9. The first kappa shape index (κ1) is 30.9. The van der Waals surface area contributed by atoms with Gasteiger partial charge in [-0.25, -0.2) is 4.79 Å². The number of esters is 1. The number of carbonyl (C=O) groups excluding carboxylic acids is 1. The molecule has 0 amide bonds. The van der Waals surface area contributed by atoms with Gasteiger partial charge in [0, 0.05) is 22.0 Å². The summed E-state index contributed by atoms with van der Waals surface area (Å²) in [5, 5.41) is 4.17. The Bertz CT molecular complexity index is 1640. The summed E-state index contributed by atoms with van der Waals surface area (Å²) in [6.07, 6.45) is 6.20. The normalized spacial score (nSPS) is 21.1. The first-order valence-electron chi connectivity index (χ1n) is 15.6. The number of rotatable bonds is 11. The molecule has 0 aliphatic heterocycles. The van der Waals surface area contributed by atoms with Gasteiger partial charge in [-0.3, -0.25) is 0 Å². The van der Waals surface area contributed by atoms with E-state index < -0.39 is 5.54 Å². The number of carbonyl (C=O) groups is 1. The molecule has 4 aromatic rings.